The van der Waals surface area contributed by atoms with Crippen molar-refractivity contribution < 1.29 is 58.5 Å². The number of hydrogen-bond donors (Lipinski definition) is 13. The number of amides is 9. The summed E-state index contributed by atoms with van der Waals surface area (Å²) in [6.07, 6.45) is 5.79. The molecule has 0 bridgehead atoms. The Morgan fingerprint density at radius 3 is 1.91 bits per heavy atom. The van der Waals surface area contributed by atoms with Gasteiger partial charge in [0.2, 0.25) is 53.2 Å². The fraction of sp³-hybridized carbons (Fsp3) is 0.500. The number of imide groups is 1. The third-order valence-corrected chi connectivity index (χ3v) is 22.2. The highest BCUT2D eigenvalue weighted by atomic mass is 33.1. The normalized spacial score (nSPS) is 23.6. The van der Waals surface area contributed by atoms with E-state index in [1.807, 2.05) is 30.3 Å². The Balaban J connectivity index is 0.000000325. The summed E-state index contributed by atoms with van der Waals surface area (Å²) in [5.41, 5.74) is 15.0. The fourth-order valence-electron chi connectivity index (χ4n) is 13.1. The third-order valence-electron chi connectivity index (χ3n) is 18.9. The van der Waals surface area contributed by atoms with E-state index in [4.69, 9.17) is 11.5 Å². The van der Waals surface area contributed by atoms with Crippen molar-refractivity contribution in [1.82, 2.24) is 56.4 Å². The standard InChI is InChI=1S/C49H66N10O10S2.C23H30N4O2S/c1-28(61)39(25-60)56-48(68)41-27-71-70-26-40(57-43(63)34(51)21-30-13-5-3-6-14-30)47(67)54-37(22-31-15-7-4-8-16-31)45(65)55-38(23-32-24-52-35-18-10-9-17-33(32)35)46(66)53-36(19-11-12-20-50)44(64)59-42(29(2)62)49(69)58-41;28-22-17-7-1-2-8-18(17)23(29)27(22)12-6-5-11-25-13-15-26(16-14-25)21-19-9-3-4-10-20(19)30-24-21/h3-10,13-18,24,28-29,34,36-42,52,60-62H,11-12,19-23,25-27,50-51H2,1-2H3,(H,53,66)(H,54,67)(H,55,65)(H,56,68)(H,57,63)(H,58,69)(H,59,64);3-4,9-10,17-18H,1-2,5-8,11-16H2/t28-,29?,34-,36+,37+,38-,39-,40+,41+,42+;17-,18+/m1./s1. The highest BCUT2D eigenvalue weighted by Crippen LogP contribution is 2.38. The Morgan fingerprint density at radius 1 is 0.653 bits per heavy atom. The van der Waals surface area contributed by atoms with Gasteiger partial charge in [-0.2, -0.15) is 4.37 Å². The number of rotatable bonds is 23. The van der Waals surface area contributed by atoms with E-state index in [-0.39, 0.29) is 67.4 Å². The van der Waals surface area contributed by atoms with Crippen LogP contribution in [0.4, 0.5) is 5.82 Å². The van der Waals surface area contributed by atoms with Crippen LogP contribution in [0.3, 0.4) is 0 Å². The predicted molar refractivity (Wildman–Crippen MR) is 392 cm³/mol. The van der Waals surface area contributed by atoms with Crippen molar-refractivity contribution in [3.63, 3.8) is 0 Å². The number of aromatic amines is 1. The van der Waals surface area contributed by atoms with Gasteiger partial charge in [-0.3, -0.25) is 53.0 Å². The van der Waals surface area contributed by atoms with Crippen molar-refractivity contribution in [2.24, 2.45) is 23.3 Å². The van der Waals surface area contributed by atoms with Gasteiger partial charge >= 0.3 is 0 Å². The van der Waals surface area contributed by atoms with Gasteiger partial charge in [0.15, 0.2) is 0 Å². The lowest BCUT2D eigenvalue weighted by Gasteiger charge is -2.35. The minimum Gasteiger partial charge on any atom is -0.394 e. The van der Waals surface area contributed by atoms with Gasteiger partial charge in [-0.15, -0.1) is 0 Å². The van der Waals surface area contributed by atoms with Gasteiger partial charge in [0.1, 0.15) is 42.1 Å². The first-order chi connectivity index (χ1) is 48.8. The number of piperazine rings is 1. The molecule has 0 spiro atoms. The Hall–Kier alpha value is -8.00. The number of carbonyl (C=O) groups is 9. The van der Waals surface area contributed by atoms with Crippen molar-refractivity contribution in [2.45, 2.75) is 151 Å². The number of carbonyl (C=O) groups excluding carboxylic acids is 9. The molecule has 1 aliphatic carbocycles. The second-order valence-electron chi connectivity index (χ2n) is 26.3. The van der Waals surface area contributed by atoms with Crippen LogP contribution >= 0.6 is 33.1 Å². The van der Waals surface area contributed by atoms with Crippen LogP contribution in [0.1, 0.15) is 88.3 Å². The van der Waals surface area contributed by atoms with Gasteiger partial charge in [0.05, 0.1) is 47.4 Å². The molecule has 1 saturated carbocycles. The number of aliphatic hydroxyl groups excluding tert-OH is 3. The van der Waals surface area contributed by atoms with Crippen LogP contribution < -0.4 is 53.6 Å². The lowest BCUT2D eigenvalue weighted by Crippen LogP contribution is -2.62. The lowest BCUT2D eigenvalue weighted by molar-refractivity contribution is -0.140. The molecule has 2 aromatic heterocycles. The van der Waals surface area contributed by atoms with Gasteiger partial charge in [0, 0.05) is 79.6 Å². The molecule has 544 valence electrons. The van der Waals surface area contributed by atoms with Crippen LogP contribution in [0.15, 0.2) is 115 Å². The first-order valence-electron chi connectivity index (χ1n) is 34.9. The topological polar surface area (TPSA) is 389 Å². The number of H-pyrrole nitrogens is 1. The number of nitrogens with zero attached hydrogens (tertiary/aromatic N) is 4. The molecule has 15 N–H and O–H groups in total. The van der Waals surface area contributed by atoms with E-state index < -0.39 is 108 Å². The summed E-state index contributed by atoms with van der Waals surface area (Å²) in [7, 11) is 2.06. The molecule has 0 radical (unpaired) electrons. The number of likely N-dealkylation sites (tertiary alicyclic amines) is 1. The van der Waals surface area contributed by atoms with Crippen LogP contribution in [0.25, 0.3) is 21.0 Å². The molecule has 4 aliphatic rings. The molecule has 101 heavy (non-hydrogen) atoms. The minimum absolute atomic E-state index is 0.0128. The average Bonchev–Trinajstić information content (AvgIpc) is 1.65. The van der Waals surface area contributed by atoms with Crippen LogP contribution in [0.2, 0.25) is 0 Å². The van der Waals surface area contributed by atoms with Crippen LogP contribution in [-0.2, 0) is 62.4 Å². The van der Waals surface area contributed by atoms with Gasteiger partial charge in [0.25, 0.3) is 0 Å². The van der Waals surface area contributed by atoms with Crippen LogP contribution in [0.5, 0.6) is 0 Å². The van der Waals surface area contributed by atoms with E-state index in [0.717, 1.165) is 115 Å². The molecular formula is C72H96N14O12S3. The van der Waals surface area contributed by atoms with Gasteiger partial charge in [-0.25, -0.2) is 0 Å². The maximum atomic E-state index is 14.7. The van der Waals surface area contributed by atoms with Crippen molar-refractivity contribution in [2.75, 3.05) is 68.8 Å². The average molecular weight is 1450 g/mol. The fourth-order valence-corrected chi connectivity index (χ4v) is 16.2. The summed E-state index contributed by atoms with van der Waals surface area (Å²) >= 11 is 1.58. The van der Waals surface area contributed by atoms with Crippen LogP contribution in [0, 0.1) is 11.8 Å². The van der Waals surface area contributed by atoms with Crippen molar-refractivity contribution in [3.8, 4) is 0 Å². The Kier molecular flexibility index (Phi) is 29.3. The second kappa shape index (κ2) is 38.3. The number of hydrogen-bond acceptors (Lipinski definition) is 20. The molecule has 4 aromatic carbocycles. The number of aromatic nitrogens is 2. The number of unbranched alkanes of at least 4 members (excludes halogenated alkanes) is 2. The molecule has 12 atom stereocenters. The summed E-state index contributed by atoms with van der Waals surface area (Å²) in [6, 6.07) is 23.1. The zero-order valence-corrected chi connectivity index (χ0v) is 59.6. The summed E-state index contributed by atoms with van der Waals surface area (Å²) in [5.74, 6) is -4.70. The van der Waals surface area contributed by atoms with E-state index in [1.165, 1.54) is 23.9 Å². The largest absolute Gasteiger partial charge is 0.394 e. The maximum absolute atomic E-state index is 14.7. The molecule has 3 saturated heterocycles. The molecule has 26 nitrogen and oxygen atoms in total. The molecule has 9 amide bonds. The summed E-state index contributed by atoms with van der Waals surface area (Å²) in [5, 5.41) is 51.8. The van der Waals surface area contributed by atoms with Crippen molar-refractivity contribution in [1.29, 1.82) is 0 Å². The highest BCUT2D eigenvalue weighted by molar-refractivity contribution is 8.76. The number of fused-ring (bicyclic) bond motifs is 3. The first-order valence-corrected chi connectivity index (χ1v) is 38.2. The monoisotopic (exact) mass is 1440 g/mol. The molecule has 1 unspecified atom stereocenters. The van der Waals surface area contributed by atoms with Crippen molar-refractivity contribution >= 4 is 113 Å². The number of aliphatic hydroxyl groups is 3. The molecule has 5 heterocycles. The zero-order valence-electron chi connectivity index (χ0n) is 57.1. The van der Waals surface area contributed by atoms with E-state index >= 15 is 0 Å². The van der Waals surface area contributed by atoms with Gasteiger partial charge < -0.3 is 73.9 Å². The summed E-state index contributed by atoms with van der Waals surface area (Å²) < 4.78 is 5.94. The molecule has 29 heteroatoms. The number of para-hydroxylation sites is 1. The predicted octanol–water partition coefficient (Wildman–Crippen LogP) is 2.57. The Labute approximate surface area is 600 Å². The third kappa shape index (κ3) is 21.5. The number of benzene rings is 4. The van der Waals surface area contributed by atoms with E-state index in [0.29, 0.717) is 30.5 Å². The van der Waals surface area contributed by atoms with Gasteiger partial charge in [-0.05, 0) is 125 Å². The van der Waals surface area contributed by atoms with E-state index in [9.17, 15) is 58.5 Å². The zero-order chi connectivity index (χ0) is 72.0. The minimum atomic E-state index is -1.66. The Bertz CT molecular complexity index is 3720. The van der Waals surface area contributed by atoms with Crippen molar-refractivity contribution in [3.05, 3.63) is 132 Å². The SMILES string of the molecule is CC(O)[C@@H]1NC(=O)[C@H](CCCCN)NC(=O)[C@@H](Cc2c[nH]c3ccccc23)NC(=O)[C@H](Cc2ccccc2)NC(=O)[C@@H](NC(=O)[C@H](N)Cc2ccccc2)CSSC[C@@H](C(=O)N[C@H](CO)[C@@H](C)O)NC1=O.O=C1[C@H]2CCCC[C@H]2C(=O)N1CCCCN1CCN(c2nsc3ccccc23)CC1. The molecular weight excluding hydrogens is 1350 g/mol. The quantitative estimate of drug-likeness (QED) is 0.0249. The molecule has 6 aromatic rings. The van der Waals surface area contributed by atoms with Gasteiger partial charge in [-0.1, -0.05) is 125 Å². The first kappa shape index (κ1) is 77.2. The molecule has 3 aliphatic heterocycles. The number of nitrogens with two attached hydrogens (primary N) is 2. The van der Waals surface area contributed by atoms with Crippen LogP contribution in [-0.4, -0.2) is 212 Å². The Morgan fingerprint density at radius 2 is 1.25 bits per heavy atom. The highest BCUT2D eigenvalue weighted by Gasteiger charge is 2.48. The second-order valence-corrected chi connectivity index (χ2v) is 29.7. The maximum Gasteiger partial charge on any atom is 0.245 e. The van der Waals surface area contributed by atoms with E-state index in [2.05, 4.69) is 80.6 Å². The van der Waals surface area contributed by atoms with E-state index in [1.54, 1.807) is 77.2 Å². The summed E-state index contributed by atoms with van der Waals surface area (Å²) in [4.78, 5) is 134. The lowest BCUT2D eigenvalue weighted by atomic mass is 9.81. The number of anilines is 1. The smallest absolute Gasteiger partial charge is 0.245 e. The summed E-state index contributed by atoms with van der Waals surface area (Å²) in [6.45, 7) is 7.95. The molecule has 10 rings (SSSR count). The molecule has 4 fully saturated rings. The number of nitrogens with one attached hydrogen (secondary N) is 8.